The molecule has 4 heteroatoms. The molecule has 0 saturated carbocycles. The second-order valence-electron chi connectivity index (χ2n) is 2.16. The molecule has 1 rings (SSSR count). The van der Waals surface area contributed by atoms with Gasteiger partial charge in [-0.25, -0.2) is 0 Å². The van der Waals surface area contributed by atoms with Gasteiger partial charge in [0, 0.05) is 17.8 Å². The predicted octanol–water partition coefficient (Wildman–Crippen LogP) is 0.565. The van der Waals surface area contributed by atoms with E-state index in [9.17, 15) is 0 Å². The van der Waals surface area contributed by atoms with E-state index in [0.717, 1.165) is 0 Å². The molecular formula is C7H10N2O2. The summed E-state index contributed by atoms with van der Waals surface area (Å²) in [6, 6.07) is 2.92. The van der Waals surface area contributed by atoms with Crippen molar-refractivity contribution in [3.05, 3.63) is 12.1 Å². The van der Waals surface area contributed by atoms with Crippen LogP contribution in [0.2, 0.25) is 0 Å². The molecule has 0 amide bonds. The van der Waals surface area contributed by atoms with E-state index in [1.54, 1.807) is 6.07 Å². The van der Waals surface area contributed by atoms with E-state index in [1.807, 2.05) is 0 Å². The number of nitrogen functional groups attached to an aromatic ring is 2. The van der Waals surface area contributed by atoms with Gasteiger partial charge in [-0.15, -0.1) is 0 Å². The average Bonchev–Trinajstić information content (AvgIpc) is 1.96. The van der Waals surface area contributed by atoms with Crippen molar-refractivity contribution in [2.24, 2.45) is 0 Å². The summed E-state index contributed by atoms with van der Waals surface area (Å²) in [6.07, 6.45) is 0. The quantitative estimate of drug-likeness (QED) is 0.408. The molecule has 0 radical (unpaired) electrons. The fourth-order valence-corrected chi connectivity index (χ4v) is 0.802. The molecule has 0 aromatic heterocycles. The van der Waals surface area contributed by atoms with Gasteiger partial charge in [0.15, 0.2) is 0 Å². The van der Waals surface area contributed by atoms with Crippen molar-refractivity contribution in [1.29, 1.82) is 0 Å². The predicted molar refractivity (Wildman–Crippen MR) is 43.5 cm³/mol. The van der Waals surface area contributed by atoms with Crippen LogP contribution >= 0.6 is 0 Å². The molecule has 0 aliphatic heterocycles. The molecule has 0 saturated heterocycles. The third-order valence-corrected chi connectivity index (χ3v) is 1.36. The van der Waals surface area contributed by atoms with Gasteiger partial charge in [0.05, 0.1) is 7.11 Å². The lowest BCUT2D eigenvalue weighted by Gasteiger charge is -2.06. The maximum absolute atomic E-state index is 9.13. The van der Waals surface area contributed by atoms with Gasteiger partial charge in [0.2, 0.25) is 0 Å². The van der Waals surface area contributed by atoms with Gasteiger partial charge in [-0.05, 0) is 0 Å². The van der Waals surface area contributed by atoms with E-state index in [0.29, 0.717) is 11.4 Å². The molecule has 60 valence electrons. The van der Waals surface area contributed by atoms with E-state index in [4.69, 9.17) is 21.3 Å². The van der Waals surface area contributed by atoms with Gasteiger partial charge in [-0.2, -0.15) is 0 Å². The number of phenols is 1. The number of hydrogen-bond donors (Lipinski definition) is 3. The zero-order chi connectivity index (χ0) is 8.43. The minimum Gasteiger partial charge on any atom is -0.506 e. The highest BCUT2D eigenvalue weighted by molar-refractivity contribution is 5.68. The fourth-order valence-electron chi connectivity index (χ4n) is 0.802. The number of nitrogens with two attached hydrogens (primary N) is 2. The highest BCUT2D eigenvalue weighted by atomic mass is 16.5. The summed E-state index contributed by atoms with van der Waals surface area (Å²) in [4.78, 5) is 0. The average molecular weight is 154 g/mol. The molecule has 0 heterocycles. The van der Waals surface area contributed by atoms with Gasteiger partial charge in [0.1, 0.15) is 17.2 Å². The number of methoxy groups -OCH3 is 1. The Morgan fingerprint density at radius 3 is 2.55 bits per heavy atom. The van der Waals surface area contributed by atoms with Crippen molar-refractivity contribution in [3.8, 4) is 11.5 Å². The molecule has 5 N–H and O–H groups in total. The first-order valence-corrected chi connectivity index (χ1v) is 3.07. The zero-order valence-electron chi connectivity index (χ0n) is 6.16. The Morgan fingerprint density at radius 1 is 1.36 bits per heavy atom. The Labute approximate surface area is 64.4 Å². The third-order valence-electron chi connectivity index (χ3n) is 1.36. The Kier molecular flexibility index (Phi) is 1.76. The summed E-state index contributed by atoms with van der Waals surface area (Å²) in [6.45, 7) is 0. The van der Waals surface area contributed by atoms with Crippen LogP contribution in [-0.2, 0) is 0 Å². The number of aromatic hydroxyl groups is 1. The van der Waals surface area contributed by atoms with Crippen LogP contribution in [0, 0.1) is 0 Å². The molecule has 0 fully saturated rings. The molecule has 0 atom stereocenters. The lowest BCUT2D eigenvalue weighted by Crippen LogP contribution is -1.94. The summed E-state index contributed by atoms with van der Waals surface area (Å²) in [5, 5.41) is 9.13. The van der Waals surface area contributed by atoms with Gasteiger partial charge in [-0.3, -0.25) is 0 Å². The van der Waals surface area contributed by atoms with Crippen molar-refractivity contribution in [2.75, 3.05) is 18.6 Å². The number of phenolic OH excluding ortho intramolecular Hbond substituents is 1. The number of ether oxygens (including phenoxy) is 1. The van der Waals surface area contributed by atoms with E-state index >= 15 is 0 Å². The van der Waals surface area contributed by atoms with E-state index in [1.165, 1.54) is 13.2 Å². The molecule has 0 bridgehead atoms. The first-order valence-electron chi connectivity index (χ1n) is 3.07. The molecule has 0 aliphatic carbocycles. The second-order valence-corrected chi connectivity index (χ2v) is 2.16. The van der Waals surface area contributed by atoms with E-state index in [2.05, 4.69) is 0 Å². The molecule has 0 unspecified atom stereocenters. The molecule has 1 aromatic rings. The lowest BCUT2D eigenvalue weighted by molar-refractivity contribution is 0.411. The van der Waals surface area contributed by atoms with E-state index in [-0.39, 0.29) is 11.4 Å². The maximum atomic E-state index is 9.13. The SMILES string of the molecule is COc1cc(N)cc(O)c1N. The number of anilines is 2. The van der Waals surface area contributed by atoms with E-state index < -0.39 is 0 Å². The fraction of sp³-hybridized carbons (Fsp3) is 0.143. The van der Waals surface area contributed by atoms with Crippen LogP contribution < -0.4 is 16.2 Å². The van der Waals surface area contributed by atoms with Crippen molar-refractivity contribution in [1.82, 2.24) is 0 Å². The molecule has 0 aliphatic rings. The first-order chi connectivity index (χ1) is 5.15. The van der Waals surface area contributed by atoms with Crippen LogP contribution in [0.5, 0.6) is 11.5 Å². The van der Waals surface area contributed by atoms with Crippen LogP contribution in [0.3, 0.4) is 0 Å². The number of benzene rings is 1. The lowest BCUT2D eigenvalue weighted by atomic mass is 10.2. The zero-order valence-corrected chi connectivity index (χ0v) is 6.16. The van der Waals surface area contributed by atoms with Crippen LogP contribution in [0.25, 0.3) is 0 Å². The van der Waals surface area contributed by atoms with Gasteiger partial charge in [-0.1, -0.05) is 0 Å². The summed E-state index contributed by atoms with van der Waals surface area (Å²) in [5.41, 5.74) is 11.5. The minimum atomic E-state index is -0.0538. The highest BCUT2D eigenvalue weighted by Crippen LogP contribution is 2.32. The Morgan fingerprint density at radius 2 is 2.00 bits per heavy atom. The number of rotatable bonds is 1. The molecule has 4 nitrogen and oxygen atoms in total. The van der Waals surface area contributed by atoms with Gasteiger partial charge in [0.25, 0.3) is 0 Å². The monoisotopic (exact) mass is 154 g/mol. The molecule has 11 heavy (non-hydrogen) atoms. The topological polar surface area (TPSA) is 81.5 Å². The first kappa shape index (κ1) is 7.53. The minimum absolute atomic E-state index is 0.0538. The third kappa shape index (κ3) is 1.29. The maximum Gasteiger partial charge on any atom is 0.147 e. The summed E-state index contributed by atoms with van der Waals surface area (Å²) in [5.74, 6) is 0.337. The second kappa shape index (κ2) is 2.57. The normalized spacial score (nSPS) is 9.55. The number of hydrogen-bond acceptors (Lipinski definition) is 4. The van der Waals surface area contributed by atoms with Gasteiger partial charge < -0.3 is 21.3 Å². The van der Waals surface area contributed by atoms with Crippen LogP contribution in [-0.4, -0.2) is 12.2 Å². The molecule has 1 aromatic carbocycles. The van der Waals surface area contributed by atoms with Crippen molar-refractivity contribution in [2.45, 2.75) is 0 Å². The molecular weight excluding hydrogens is 144 g/mol. The van der Waals surface area contributed by atoms with Crippen LogP contribution in [0.1, 0.15) is 0 Å². The summed E-state index contributed by atoms with van der Waals surface area (Å²) < 4.78 is 4.84. The Balaban J connectivity index is 3.24. The summed E-state index contributed by atoms with van der Waals surface area (Å²) >= 11 is 0. The Bertz CT molecular complexity index is 273. The smallest absolute Gasteiger partial charge is 0.147 e. The standard InChI is InChI=1S/C7H10N2O2/c1-11-6-3-4(8)2-5(10)7(6)9/h2-3,10H,8-9H2,1H3. The Hall–Kier alpha value is -1.58. The van der Waals surface area contributed by atoms with Gasteiger partial charge >= 0.3 is 0 Å². The van der Waals surface area contributed by atoms with Crippen LogP contribution in [0.15, 0.2) is 12.1 Å². The largest absolute Gasteiger partial charge is 0.506 e. The summed E-state index contributed by atoms with van der Waals surface area (Å²) in [7, 11) is 1.46. The van der Waals surface area contributed by atoms with Crippen molar-refractivity contribution < 1.29 is 9.84 Å². The highest BCUT2D eigenvalue weighted by Gasteiger charge is 2.04. The molecule has 0 spiro atoms. The van der Waals surface area contributed by atoms with Crippen molar-refractivity contribution >= 4 is 11.4 Å². The van der Waals surface area contributed by atoms with Crippen molar-refractivity contribution in [3.63, 3.8) is 0 Å². The van der Waals surface area contributed by atoms with Crippen LogP contribution in [0.4, 0.5) is 11.4 Å².